The number of anilines is 1. The molecule has 2 aromatic rings. The lowest BCUT2D eigenvalue weighted by Gasteiger charge is -2.08. The number of aromatic nitrogens is 1. The van der Waals surface area contributed by atoms with E-state index >= 15 is 0 Å². The predicted molar refractivity (Wildman–Crippen MR) is 84.4 cm³/mol. The number of nitrogen functional groups attached to an aromatic ring is 1. The first-order chi connectivity index (χ1) is 10.1. The average Bonchev–Trinajstić information content (AvgIpc) is 2.86. The summed E-state index contributed by atoms with van der Waals surface area (Å²) in [6.45, 7) is 3.09. The molecule has 2 rings (SSSR count). The summed E-state index contributed by atoms with van der Waals surface area (Å²) in [5, 5.41) is 0. The molecule has 5 nitrogen and oxygen atoms in total. The Morgan fingerprint density at radius 2 is 2.00 bits per heavy atom. The van der Waals surface area contributed by atoms with E-state index in [9.17, 15) is 4.79 Å². The van der Waals surface area contributed by atoms with E-state index in [0.717, 1.165) is 10.2 Å². The summed E-state index contributed by atoms with van der Waals surface area (Å²) in [5.74, 6) is 0.336. The number of nitrogens with zero attached hydrogens (tertiary/aromatic N) is 1. The van der Waals surface area contributed by atoms with Crippen LogP contribution in [0.15, 0.2) is 41.0 Å². The summed E-state index contributed by atoms with van der Waals surface area (Å²) in [5.41, 5.74) is 6.69. The highest BCUT2D eigenvalue weighted by Crippen LogP contribution is 2.16. The van der Waals surface area contributed by atoms with Gasteiger partial charge in [0.15, 0.2) is 0 Å². The largest absolute Gasteiger partial charge is 0.490 e. The molecule has 0 bridgehead atoms. The maximum Gasteiger partial charge on any atom is 0.355 e. The van der Waals surface area contributed by atoms with Crippen LogP contribution in [-0.2, 0) is 11.3 Å². The summed E-state index contributed by atoms with van der Waals surface area (Å²) in [6.07, 6.45) is 1.72. The Hall–Kier alpha value is -1.95. The Balaban J connectivity index is 1.80. The number of aryl methyl sites for hydroxylation is 1. The number of halogens is 1. The van der Waals surface area contributed by atoms with Gasteiger partial charge in [-0.3, -0.25) is 0 Å². The zero-order chi connectivity index (χ0) is 15.2. The first kappa shape index (κ1) is 15.4. The lowest BCUT2D eigenvalue weighted by molar-refractivity contribution is 0.0438. The Morgan fingerprint density at radius 1 is 1.29 bits per heavy atom. The van der Waals surface area contributed by atoms with Crippen LogP contribution in [0.3, 0.4) is 0 Å². The van der Waals surface area contributed by atoms with Gasteiger partial charge in [0.2, 0.25) is 0 Å². The standard InChI is InChI=1S/C15H17BrN2O3/c1-2-18-10-12(17)9-14(18)15(19)21-8-7-20-13-5-3-11(16)4-6-13/h3-6,9-10H,2,7-8,17H2,1H3. The second kappa shape index (κ2) is 7.17. The molecule has 0 saturated carbocycles. The van der Waals surface area contributed by atoms with Gasteiger partial charge < -0.3 is 19.8 Å². The molecule has 0 amide bonds. The van der Waals surface area contributed by atoms with Gasteiger partial charge in [-0.15, -0.1) is 0 Å². The van der Waals surface area contributed by atoms with Gasteiger partial charge >= 0.3 is 5.97 Å². The van der Waals surface area contributed by atoms with E-state index in [1.807, 2.05) is 31.2 Å². The topological polar surface area (TPSA) is 66.5 Å². The number of hydrogen-bond acceptors (Lipinski definition) is 4. The monoisotopic (exact) mass is 352 g/mol. The molecule has 0 unspecified atom stereocenters. The van der Waals surface area contributed by atoms with E-state index in [-0.39, 0.29) is 6.61 Å². The number of nitrogens with two attached hydrogens (primary N) is 1. The molecule has 0 fully saturated rings. The Morgan fingerprint density at radius 3 is 2.67 bits per heavy atom. The second-order valence-electron chi connectivity index (χ2n) is 4.38. The number of rotatable bonds is 6. The minimum absolute atomic E-state index is 0.184. The smallest absolute Gasteiger partial charge is 0.355 e. The van der Waals surface area contributed by atoms with Crippen molar-refractivity contribution in [1.82, 2.24) is 4.57 Å². The van der Waals surface area contributed by atoms with Crippen molar-refractivity contribution in [1.29, 1.82) is 0 Å². The molecule has 0 atom stereocenters. The van der Waals surface area contributed by atoms with Gasteiger partial charge in [-0.25, -0.2) is 4.79 Å². The van der Waals surface area contributed by atoms with Crippen LogP contribution in [0.5, 0.6) is 5.75 Å². The van der Waals surface area contributed by atoms with Crippen molar-refractivity contribution in [2.45, 2.75) is 13.5 Å². The Bertz CT molecular complexity index is 608. The molecule has 0 aliphatic heterocycles. The van der Waals surface area contributed by atoms with Crippen molar-refractivity contribution in [2.75, 3.05) is 18.9 Å². The van der Waals surface area contributed by atoms with E-state index in [1.54, 1.807) is 16.8 Å². The number of hydrogen-bond donors (Lipinski definition) is 1. The fraction of sp³-hybridized carbons (Fsp3) is 0.267. The van der Waals surface area contributed by atoms with Gasteiger partial charge in [0, 0.05) is 17.2 Å². The van der Waals surface area contributed by atoms with E-state index < -0.39 is 5.97 Å². The van der Waals surface area contributed by atoms with Gasteiger partial charge in [0.25, 0.3) is 0 Å². The minimum Gasteiger partial charge on any atom is -0.490 e. The fourth-order valence-electron chi connectivity index (χ4n) is 1.86. The van der Waals surface area contributed by atoms with Crippen LogP contribution in [0.4, 0.5) is 5.69 Å². The average molecular weight is 353 g/mol. The summed E-state index contributed by atoms with van der Waals surface area (Å²) in [4.78, 5) is 11.9. The molecule has 6 heteroatoms. The van der Waals surface area contributed by atoms with E-state index in [4.69, 9.17) is 15.2 Å². The van der Waals surface area contributed by atoms with Crippen molar-refractivity contribution in [3.8, 4) is 5.75 Å². The van der Waals surface area contributed by atoms with Crippen molar-refractivity contribution in [3.05, 3.63) is 46.7 Å². The zero-order valence-electron chi connectivity index (χ0n) is 11.7. The zero-order valence-corrected chi connectivity index (χ0v) is 13.3. The van der Waals surface area contributed by atoms with E-state index in [2.05, 4.69) is 15.9 Å². The molecule has 1 aromatic heterocycles. The first-order valence-corrected chi connectivity index (χ1v) is 7.40. The number of carbonyl (C=O) groups is 1. The normalized spacial score (nSPS) is 10.4. The summed E-state index contributed by atoms with van der Waals surface area (Å²) in [7, 11) is 0. The molecular weight excluding hydrogens is 336 g/mol. The van der Waals surface area contributed by atoms with Crippen molar-refractivity contribution in [3.63, 3.8) is 0 Å². The van der Waals surface area contributed by atoms with Crippen LogP contribution >= 0.6 is 15.9 Å². The number of ether oxygens (including phenoxy) is 2. The SMILES string of the molecule is CCn1cc(N)cc1C(=O)OCCOc1ccc(Br)cc1. The van der Waals surface area contributed by atoms with E-state index in [0.29, 0.717) is 24.5 Å². The summed E-state index contributed by atoms with van der Waals surface area (Å²) >= 11 is 3.35. The van der Waals surface area contributed by atoms with Gasteiger partial charge in [-0.2, -0.15) is 0 Å². The minimum atomic E-state index is -0.395. The summed E-state index contributed by atoms with van der Waals surface area (Å²) in [6, 6.07) is 9.07. The maximum absolute atomic E-state index is 11.9. The molecule has 1 heterocycles. The first-order valence-electron chi connectivity index (χ1n) is 6.61. The molecule has 0 saturated heterocycles. The third-order valence-electron chi connectivity index (χ3n) is 2.87. The maximum atomic E-state index is 11.9. The quantitative estimate of drug-likeness (QED) is 0.640. The highest BCUT2D eigenvalue weighted by molar-refractivity contribution is 9.10. The fourth-order valence-corrected chi connectivity index (χ4v) is 2.13. The number of benzene rings is 1. The third kappa shape index (κ3) is 4.26. The van der Waals surface area contributed by atoms with Crippen molar-refractivity contribution >= 4 is 27.6 Å². The summed E-state index contributed by atoms with van der Waals surface area (Å²) < 4.78 is 13.4. The van der Waals surface area contributed by atoms with Gasteiger partial charge in [0.05, 0.1) is 5.69 Å². The highest BCUT2D eigenvalue weighted by Gasteiger charge is 2.13. The molecule has 1 aromatic carbocycles. The molecule has 0 aliphatic rings. The van der Waals surface area contributed by atoms with Gasteiger partial charge in [-0.1, -0.05) is 15.9 Å². The van der Waals surface area contributed by atoms with Crippen LogP contribution in [0.2, 0.25) is 0 Å². The highest BCUT2D eigenvalue weighted by atomic mass is 79.9. The molecule has 0 aliphatic carbocycles. The van der Waals surface area contributed by atoms with Crippen LogP contribution in [-0.4, -0.2) is 23.8 Å². The molecule has 0 spiro atoms. The number of carbonyl (C=O) groups excluding carboxylic acids is 1. The van der Waals surface area contributed by atoms with Crippen LogP contribution < -0.4 is 10.5 Å². The van der Waals surface area contributed by atoms with Crippen molar-refractivity contribution < 1.29 is 14.3 Å². The van der Waals surface area contributed by atoms with Gasteiger partial charge in [0.1, 0.15) is 24.7 Å². The van der Waals surface area contributed by atoms with Crippen molar-refractivity contribution in [2.24, 2.45) is 0 Å². The predicted octanol–water partition coefficient (Wildman–Crippen LogP) is 3.09. The Labute approximate surface area is 131 Å². The van der Waals surface area contributed by atoms with E-state index in [1.165, 1.54) is 0 Å². The molecule has 112 valence electrons. The molecule has 21 heavy (non-hydrogen) atoms. The Kier molecular flexibility index (Phi) is 5.27. The molecule has 2 N–H and O–H groups in total. The molecular formula is C15H17BrN2O3. The van der Waals surface area contributed by atoms with Crippen LogP contribution in [0.25, 0.3) is 0 Å². The number of esters is 1. The van der Waals surface area contributed by atoms with Crippen LogP contribution in [0, 0.1) is 0 Å². The molecule has 0 radical (unpaired) electrons. The lowest BCUT2D eigenvalue weighted by Crippen LogP contribution is -2.15. The second-order valence-corrected chi connectivity index (χ2v) is 5.30. The van der Waals surface area contributed by atoms with Gasteiger partial charge in [-0.05, 0) is 37.3 Å². The van der Waals surface area contributed by atoms with Crippen LogP contribution in [0.1, 0.15) is 17.4 Å². The lowest BCUT2D eigenvalue weighted by atomic mass is 10.3. The third-order valence-corrected chi connectivity index (χ3v) is 3.40.